The first-order valence-electron chi connectivity index (χ1n) is 6.62. The third-order valence-corrected chi connectivity index (χ3v) is 4.51. The number of nitrogens with zero attached hydrogens (tertiary/aromatic N) is 1. The molecule has 0 aromatic heterocycles. The molecule has 2 aliphatic rings. The molecule has 0 radical (unpaired) electrons. The highest BCUT2D eigenvalue weighted by Crippen LogP contribution is 2.53. The van der Waals surface area contributed by atoms with Crippen LogP contribution in [0.2, 0.25) is 0 Å². The summed E-state index contributed by atoms with van der Waals surface area (Å²) in [5.74, 6) is 0.0993. The van der Waals surface area contributed by atoms with E-state index < -0.39 is 0 Å². The van der Waals surface area contributed by atoms with E-state index in [0.717, 1.165) is 13.0 Å². The van der Waals surface area contributed by atoms with Gasteiger partial charge in [0, 0.05) is 24.0 Å². The number of halogens is 1. The van der Waals surface area contributed by atoms with Gasteiger partial charge in [0.1, 0.15) is 5.82 Å². The Bertz CT molecular complexity index is 550. The number of nitrogens with one attached hydrogen (secondary N) is 1. The zero-order valence-corrected chi connectivity index (χ0v) is 11.1. The number of hydrogen-bond acceptors (Lipinski definition) is 3. The average Bonchev–Trinajstić information content (AvgIpc) is 2.83. The van der Waals surface area contributed by atoms with Gasteiger partial charge in [-0.3, -0.25) is 0 Å². The first-order chi connectivity index (χ1) is 9.04. The number of fused-ring (bicyclic) bond motifs is 1. The van der Waals surface area contributed by atoms with Crippen LogP contribution in [0.25, 0.3) is 0 Å². The monoisotopic (exact) mass is 260 g/mol. The Morgan fingerprint density at radius 1 is 1.47 bits per heavy atom. The molecule has 3 atom stereocenters. The van der Waals surface area contributed by atoms with Gasteiger partial charge in [0.05, 0.1) is 23.4 Å². The van der Waals surface area contributed by atoms with Crippen molar-refractivity contribution in [3.8, 4) is 6.07 Å². The minimum atomic E-state index is -0.364. The second-order valence-electron chi connectivity index (χ2n) is 5.99. The molecular weight excluding hydrogens is 243 g/mol. The Morgan fingerprint density at radius 2 is 2.26 bits per heavy atom. The summed E-state index contributed by atoms with van der Waals surface area (Å²) in [6.45, 7) is 5.10. The van der Waals surface area contributed by atoms with E-state index in [1.54, 1.807) is 12.1 Å². The van der Waals surface area contributed by atoms with Crippen LogP contribution in [-0.2, 0) is 4.74 Å². The van der Waals surface area contributed by atoms with Gasteiger partial charge in [-0.05, 0) is 24.6 Å². The number of rotatable bonds is 2. The van der Waals surface area contributed by atoms with Gasteiger partial charge >= 0.3 is 0 Å². The molecule has 1 heterocycles. The maximum Gasteiger partial charge on any atom is 0.147 e. The van der Waals surface area contributed by atoms with Crippen molar-refractivity contribution in [3.05, 3.63) is 29.6 Å². The molecule has 1 aliphatic carbocycles. The Balaban J connectivity index is 1.81. The molecule has 1 aromatic rings. The topological polar surface area (TPSA) is 45.0 Å². The van der Waals surface area contributed by atoms with Crippen molar-refractivity contribution >= 4 is 5.69 Å². The van der Waals surface area contributed by atoms with Crippen LogP contribution in [-0.4, -0.2) is 18.8 Å². The van der Waals surface area contributed by atoms with E-state index in [4.69, 9.17) is 10.00 Å². The normalized spacial score (nSPS) is 31.2. The maximum atomic E-state index is 13.9. The minimum absolute atomic E-state index is 0.0154. The van der Waals surface area contributed by atoms with Gasteiger partial charge in [-0.1, -0.05) is 13.8 Å². The molecule has 4 heteroatoms. The summed E-state index contributed by atoms with van der Waals surface area (Å²) in [6, 6.07) is 6.73. The Hall–Kier alpha value is -1.60. The maximum absolute atomic E-state index is 13.9. The second-order valence-corrected chi connectivity index (χ2v) is 5.99. The predicted molar refractivity (Wildman–Crippen MR) is 70.2 cm³/mol. The lowest BCUT2D eigenvalue weighted by atomic mass is 9.57. The van der Waals surface area contributed by atoms with Gasteiger partial charge in [-0.2, -0.15) is 5.26 Å². The van der Waals surface area contributed by atoms with Gasteiger partial charge < -0.3 is 10.1 Å². The predicted octanol–water partition coefficient (Wildman–Crippen LogP) is 2.92. The standard InChI is InChI=1S/C15H17FN2O/c1-15(2)13(10-5-6-19-14(10)15)18-12-4-3-9(8-17)7-11(12)16/h3-4,7,10,13-14,18H,5-6H2,1-2H3. The van der Waals surface area contributed by atoms with Crippen LogP contribution < -0.4 is 5.32 Å². The third-order valence-electron chi connectivity index (χ3n) is 4.51. The van der Waals surface area contributed by atoms with Gasteiger partial charge in [0.2, 0.25) is 0 Å². The molecule has 1 saturated carbocycles. The van der Waals surface area contributed by atoms with E-state index in [2.05, 4.69) is 19.2 Å². The highest BCUT2D eigenvalue weighted by molar-refractivity contribution is 5.50. The fourth-order valence-electron chi connectivity index (χ4n) is 3.49. The number of anilines is 1. The summed E-state index contributed by atoms with van der Waals surface area (Å²) in [4.78, 5) is 0. The highest BCUT2D eigenvalue weighted by atomic mass is 19.1. The Kier molecular flexibility index (Phi) is 2.75. The van der Waals surface area contributed by atoms with Crippen LogP contribution in [0.5, 0.6) is 0 Å². The van der Waals surface area contributed by atoms with Crippen molar-refractivity contribution in [1.82, 2.24) is 0 Å². The Morgan fingerprint density at radius 3 is 2.95 bits per heavy atom. The van der Waals surface area contributed by atoms with Gasteiger partial charge in [0.25, 0.3) is 0 Å². The van der Waals surface area contributed by atoms with E-state index >= 15 is 0 Å². The highest BCUT2D eigenvalue weighted by Gasteiger charge is 2.59. The lowest BCUT2D eigenvalue weighted by molar-refractivity contribution is -0.0923. The lowest BCUT2D eigenvalue weighted by Gasteiger charge is -2.55. The van der Waals surface area contributed by atoms with E-state index in [9.17, 15) is 4.39 Å². The zero-order valence-electron chi connectivity index (χ0n) is 11.1. The second kappa shape index (κ2) is 4.21. The smallest absolute Gasteiger partial charge is 0.147 e. The van der Waals surface area contributed by atoms with E-state index in [1.165, 1.54) is 6.07 Å². The van der Waals surface area contributed by atoms with Crippen molar-refractivity contribution in [2.45, 2.75) is 32.4 Å². The van der Waals surface area contributed by atoms with Crippen LogP contribution in [0.15, 0.2) is 18.2 Å². The molecule has 3 unspecified atom stereocenters. The van der Waals surface area contributed by atoms with Crippen LogP contribution in [0.1, 0.15) is 25.8 Å². The molecule has 100 valence electrons. The first-order valence-corrected chi connectivity index (χ1v) is 6.62. The molecule has 0 amide bonds. The molecule has 1 N–H and O–H groups in total. The van der Waals surface area contributed by atoms with Crippen molar-refractivity contribution in [1.29, 1.82) is 5.26 Å². The number of benzene rings is 1. The summed E-state index contributed by atoms with van der Waals surface area (Å²) in [5, 5.41) is 12.0. The molecule has 19 heavy (non-hydrogen) atoms. The van der Waals surface area contributed by atoms with Crippen LogP contribution in [0.3, 0.4) is 0 Å². The van der Waals surface area contributed by atoms with Crippen molar-refractivity contribution < 1.29 is 9.13 Å². The molecule has 1 aliphatic heterocycles. The molecule has 2 fully saturated rings. The molecular formula is C15H17FN2O. The van der Waals surface area contributed by atoms with Gasteiger partial charge in [-0.15, -0.1) is 0 Å². The number of nitriles is 1. The quantitative estimate of drug-likeness (QED) is 0.889. The first kappa shape index (κ1) is 12.4. The summed E-state index contributed by atoms with van der Waals surface area (Å²) in [6.07, 6.45) is 1.32. The number of hydrogen-bond donors (Lipinski definition) is 1. The van der Waals surface area contributed by atoms with Crippen LogP contribution in [0, 0.1) is 28.5 Å². The molecule has 1 saturated heterocycles. The summed E-state index contributed by atoms with van der Waals surface area (Å²) in [7, 11) is 0. The lowest BCUT2D eigenvalue weighted by Crippen LogP contribution is -2.63. The third kappa shape index (κ3) is 1.81. The van der Waals surface area contributed by atoms with E-state index in [0.29, 0.717) is 17.2 Å². The molecule has 3 nitrogen and oxygen atoms in total. The van der Waals surface area contributed by atoms with Gasteiger partial charge in [0.15, 0.2) is 0 Å². The van der Waals surface area contributed by atoms with Gasteiger partial charge in [-0.25, -0.2) is 4.39 Å². The SMILES string of the molecule is CC1(C)C(Nc2ccc(C#N)cc2F)C2CCOC21. The molecule has 0 spiro atoms. The number of ether oxygens (including phenoxy) is 1. The van der Waals surface area contributed by atoms with Crippen molar-refractivity contribution in [2.75, 3.05) is 11.9 Å². The van der Waals surface area contributed by atoms with Crippen molar-refractivity contribution in [3.63, 3.8) is 0 Å². The fourth-order valence-corrected chi connectivity index (χ4v) is 3.49. The molecule has 0 bridgehead atoms. The van der Waals surface area contributed by atoms with Crippen LogP contribution >= 0.6 is 0 Å². The largest absolute Gasteiger partial charge is 0.379 e. The van der Waals surface area contributed by atoms with Crippen LogP contribution in [0.4, 0.5) is 10.1 Å². The Labute approximate surface area is 112 Å². The minimum Gasteiger partial charge on any atom is -0.379 e. The molecule has 3 rings (SSSR count). The van der Waals surface area contributed by atoms with E-state index in [-0.39, 0.29) is 23.4 Å². The fraction of sp³-hybridized carbons (Fsp3) is 0.533. The van der Waals surface area contributed by atoms with Crippen molar-refractivity contribution in [2.24, 2.45) is 11.3 Å². The summed E-state index contributed by atoms with van der Waals surface area (Å²) < 4.78 is 19.6. The average molecular weight is 260 g/mol. The zero-order chi connectivity index (χ0) is 13.6. The van der Waals surface area contributed by atoms with E-state index in [1.807, 2.05) is 6.07 Å². The summed E-state index contributed by atoms with van der Waals surface area (Å²) in [5.41, 5.74) is 0.835. The summed E-state index contributed by atoms with van der Waals surface area (Å²) >= 11 is 0. The molecule has 1 aromatic carbocycles.